The summed E-state index contributed by atoms with van der Waals surface area (Å²) >= 11 is 6.24. The van der Waals surface area contributed by atoms with Gasteiger partial charge in [-0.3, -0.25) is 0 Å². The van der Waals surface area contributed by atoms with Gasteiger partial charge in [0.25, 0.3) is 0 Å². The second kappa shape index (κ2) is 6.45. The van der Waals surface area contributed by atoms with Gasteiger partial charge in [-0.05, 0) is 37.4 Å². The Labute approximate surface area is 129 Å². The second-order valence-electron chi connectivity index (χ2n) is 5.20. The molecular weight excluding hydrogens is 288 g/mol. The van der Waals surface area contributed by atoms with E-state index >= 15 is 0 Å². The Hall–Kier alpha value is -1.59. The van der Waals surface area contributed by atoms with Crippen molar-refractivity contribution in [3.05, 3.63) is 40.4 Å². The predicted octanol–water partition coefficient (Wildman–Crippen LogP) is 2.35. The molecular formula is C15H19ClN4O. The van der Waals surface area contributed by atoms with Crippen molar-refractivity contribution >= 4 is 11.6 Å². The number of nitrogens with zero attached hydrogens (tertiary/aromatic N) is 3. The zero-order chi connectivity index (χ0) is 14.7. The average Bonchev–Trinajstić information content (AvgIpc) is 2.90. The summed E-state index contributed by atoms with van der Waals surface area (Å²) in [7, 11) is 0. The molecule has 2 aromatic rings. The van der Waals surface area contributed by atoms with E-state index in [1.807, 2.05) is 18.2 Å². The Morgan fingerprint density at radius 3 is 3.05 bits per heavy atom. The van der Waals surface area contributed by atoms with Gasteiger partial charge in [0.2, 0.25) is 0 Å². The van der Waals surface area contributed by atoms with Crippen LogP contribution in [0.25, 0.3) is 0 Å². The third-order valence-corrected chi connectivity index (χ3v) is 4.04. The lowest BCUT2D eigenvalue weighted by molar-refractivity contribution is 0.283. The van der Waals surface area contributed by atoms with E-state index in [-0.39, 0.29) is 0 Å². The molecule has 1 aliphatic heterocycles. The number of rotatable bonds is 5. The number of aromatic nitrogens is 3. The van der Waals surface area contributed by atoms with Crippen LogP contribution >= 0.6 is 11.6 Å². The van der Waals surface area contributed by atoms with E-state index in [1.165, 1.54) is 12.8 Å². The number of fused-ring (bicyclic) bond motifs is 1. The minimum absolute atomic E-state index is 0.383. The van der Waals surface area contributed by atoms with Crippen LogP contribution in [-0.2, 0) is 26.0 Å². The lowest BCUT2D eigenvalue weighted by Gasteiger charge is -2.16. The minimum atomic E-state index is 0.383. The molecule has 112 valence electrons. The molecule has 2 heterocycles. The van der Waals surface area contributed by atoms with Crippen molar-refractivity contribution in [1.29, 1.82) is 0 Å². The molecule has 1 aliphatic rings. The third kappa shape index (κ3) is 3.04. The summed E-state index contributed by atoms with van der Waals surface area (Å²) in [6, 6.07) is 5.74. The molecule has 5 nitrogen and oxygen atoms in total. The summed E-state index contributed by atoms with van der Waals surface area (Å²) in [5.74, 6) is 2.63. The molecule has 0 atom stereocenters. The number of aryl methyl sites for hydroxylation is 1. The molecule has 0 radical (unpaired) electrons. The van der Waals surface area contributed by atoms with Crippen LogP contribution in [-0.4, -0.2) is 21.3 Å². The smallest absolute Gasteiger partial charge is 0.171 e. The van der Waals surface area contributed by atoms with E-state index in [2.05, 4.69) is 14.8 Å². The first-order valence-electron chi connectivity index (χ1n) is 7.31. The van der Waals surface area contributed by atoms with Gasteiger partial charge in [-0.1, -0.05) is 23.7 Å². The molecule has 1 aromatic carbocycles. The maximum Gasteiger partial charge on any atom is 0.171 e. The summed E-state index contributed by atoms with van der Waals surface area (Å²) < 4.78 is 8.08. The molecule has 6 heteroatoms. The van der Waals surface area contributed by atoms with Crippen LogP contribution in [0.4, 0.5) is 0 Å². The number of hydrogen-bond donors (Lipinski definition) is 1. The largest absolute Gasteiger partial charge is 0.484 e. The molecule has 0 amide bonds. The first kappa shape index (κ1) is 14.4. The normalized spacial score (nSPS) is 14.0. The number of nitrogens with two attached hydrogens (primary N) is 1. The number of ether oxygens (including phenoxy) is 1. The van der Waals surface area contributed by atoms with Crippen LogP contribution in [0.1, 0.15) is 30.1 Å². The highest BCUT2D eigenvalue weighted by Crippen LogP contribution is 2.29. The fourth-order valence-electron chi connectivity index (χ4n) is 2.68. The average molecular weight is 307 g/mol. The van der Waals surface area contributed by atoms with Crippen LogP contribution in [0, 0.1) is 0 Å². The maximum absolute atomic E-state index is 6.24. The minimum Gasteiger partial charge on any atom is -0.484 e. The van der Waals surface area contributed by atoms with Crippen molar-refractivity contribution in [2.75, 3.05) is 6.54 Å². The predicted molar refractivity (Wildman–Crippen MR) is 81.5 cm³/mol. The summed E-state index contributed by atoms with van der Waals surface area (Å²) in [6.45, 7) is 1.92. The number of para-hydroxylation sites is 1. The monoisotopic (exact) mass is 306 g/mol. The highest BCUT2D eigenvalue weighted by Gasteiger charge is 2.17. The Bertz CT molecular complexity index is 626. The van der Waals surface area contributed by atoms with Crippen LogP contribution in [0.15, 0.2) is 18.2 Å². The SMILES string of the molecule is NCCc1cccc(Cl)c1OCc1nnc2n1CCCC2. The molecule has 3 rings (SSSR count). The Morgan fingerprint density at radius 2 is 2.19 bits per heavy atom. The Kier molecular flexibility index (Phi) is 4.41. The molecule has 0 saturated carbocycles. The van der Waals surface area contributed by atoms with Gasteiger partial charge in [0.15, 0.2) is 5.82 Å². The van der Waals surface area contributed by atoms with E-state index in [0.29, 0.717) is 23.9 Å². The lowest BCUT2D eigenvalue weighted by atomic mass is 10.1. The van der Waals surface area contributed by atoms with Gasteiger partial charge in [-0.2, -0.15) is 0 Å². The van der Waals surface area contributed by atoms with E-state index in [9.17, 15) is 0 Å². The number of benzene rings is 1. The molecule has 0 unspecified atom stereocenters. The van der Waals surface area contributed by atoms with E-state index in [1.54, 1.807) is 0 Å². The van der Waals surface area contributed by atoms with E-state index in [4.69, 9.17) is 22.1 Å². The van der Waals surface area contributed by atoms with Crippen molar-refractivity contribution in [3.63, 3.8) is 0 Å². The van der Waals surface area contributed by atoms with E-state index < -0.39 is 0 Å². The topological polar surface area (TPSA) is 66.0 Å². The molecule has 0 bridgehead atoms. The van der Waals surface area contributed by atoms with Gasteiger partial charge in [0.1, 0.15) is 18.2 Å². The van der Waals surface area contributed by atoms with Gasteiger partial charge in [0, 0.05) is 13.0 Å². The fraction of sp³-hybridized carbons (Fsp3) is 0.467. The van der Waals surface area contributed by atoms with Crippen molar-refractivity contribution in [2.45, 2.75) is 38.8 Å². The summed E-state index contributed by atoms with van der Waals surface area (Å²) in [6.07, 6.45) is 4.10. The molecule has 0 spiro atoms. The molecule has 2 N–H and O–H groups in total. The Morgan fingerprint density at radius 1 is 1.29 bits per heavy atom. The van der Waals surface area contributed by atoms with Gasteiger partial charge in [0.05, 0.1) is 5.02 Å². The lowest BCUT2D eigenvalue weighted by Crippen LogP contribution is -2.15. The van der Waals surface area contributed by atoms with Gasteiger partial charge in [-0.25, -0.2) is 0 Å². The number of hydrogen-bond acceptors (Lipinski definition) is 4. The molecule has 21 heavy (non-hydrogen) atoms. The van der Waals surface area contributed by atoms with Gasteiger partial charge in [-0.15, -0.1) is 10.2 Å². The maximum atomic E-state index is 6.24. The van der Waals surface area contributed by atoms with Crippen LogP contribution < -0.4 is 10.5 Å². The van der Waals surface area contributed by atoms with Crippen molar-refractivity contribution in [1.82, 2.24) is 14.8 Å². The van der Waals surface area contributed by atoms with E-state index in [0.717, 1.165) is 36.6 Å². The standard InChI is InChI=1S/C15H19ClN4O/c16-12-5-3-4-11(7-8-17)15(12)21-10-14-19-18-13-6-1-2-9-20(13)14/h3-5H,1-2,6-10,17H2. The first-order valence-corrected chi connectivity index (χ1v) is 7.68. The first-order chi connectivity index (χ1) is 10.3. The van der Waals surface area contributed by atoms with Crippen LogP contribution in [0.3, 0.4) is 0 Å². The summed E-state index contributed by atoms with van der Waals surface area (Å²) in [5.41, 5.74) is 6.67. The molecule has 1 aromatic heterocycles. The van der Waals surface area contributed by atoms with Crippen LogP contribution in [0.2, 0.25) is 5.02 Å². The van der Waals surface area contributed by atoms with Crippen molar-refractivity contribution < 1.29 is 4.74 Å². The number of halogens is 1. The highest BCUT2D eigenvalue weighted by molar-refractivity contribution is 6.32. The van der Waals surface area contributed by atoms with Crippen molar-refractivity contribution in [3.8, 4) is 5.75 Å². The Balaban J connectivity index is 1.77. The highest BCUT2D eigenvalue weighted by atomic mass is 35.5. The van der Waals surface area contributed by atoms with Crippen molar-refractivity contribution in [2.24, 2.45) is 5.73 Å². The van der Waals surface area contributed by atoms with Crippen LogP contribution in [0.5, 0.6) is 5.75 Å². The fourth-order valence-corrected chi connectivity index (χ4v) is 2.93. The zero-order valence-electron chi connectivity index (χ0n) is 11.9. The second-order valence-corrected chi connectivity index (χ2v) is 5.60. The molecule has 0 aliphatic carbocycles. The molecule has 0 fully saturated rings. The summed E-state index contributed by atoms with van der Waals surface area (Å²) in [4.78, 5) is 0. The molecule has 0 saturated heterocycles. The summed E-state index contributed by atoms with van der Waals surface area (Å²) in [5, 5.41) is 9.08. The zero-order valence-corrected chi connectivity index (χ0v) is 12.6. The van der Waals surface area contributed by atoms with Gasteiger partial charge < -0.3 is 15.0 Å². The quantitative estimate of drug-likeness (QED) is 0.921. The van der Waals surface area contributed by atoms with Gasteiger partial charge >= 0.3 is 0 Å². The third-order valence-electron chi connectivity index (χ3n) is 3.74.